The van der Waals surface area contributed by atoms with E-state index in [1.54, 1.807) is 12.0 Å². The first-order valence-corrected chi connectivity index (χ1v) is 8.93. The Bertz CT molecular complexity index is 761. The van der Waals surface area contributed by atoms with Crippen molar-refractivity contribution in [3.8, 4) is 5.75 Å². The molecule has 3 rings (SSSR count). The van der Waals surface area contributed by atoms with Crippen molar-refractivity contribution in [2.24, 2.45) is 5.92 Å². The number of ether oxygens (including phenoxy) is 1. The van der Waals surface area contributed by atoms with Gasteiger partial charge in [-0.3, -0.25) is 9.59 Å². The molecule has 1 atom stereocenters. The minimum absolute atomic E-state index is 0.0222. The molecule has 136 valence electrons. The molecule has 1 aliphatic rings. The van der Waals surface area contributed by atoms with Crippen molar-refractivity contribution in [2.75, 3.05) is 25.5 Å². The number of carbonyl (C=O) groups is 2. The van der Waals surface area contributed by atoms with Gasteiger partial charge >= 0.3 is 0 Å². The molecule has 0 bridgehead atoms. The highest BCUT2D eigenvalue weighted by Crippen LogP contribution is 2.22. The number of likely N-dealkylation sites (tertiary alicyclic amines) is 1. The van der Waals surface area contributed by atoms with Gasteiger partial charge in [-0.25, -0.2) is 0 Å². The smallest absolute Gasteiger partial charge is 0.229 e. The predicted octanol–water partition coefficient (Wildman–Crippen LogP) is 3.12. The number of methoxy groups -OCH3 is 1. The maximum atomic E-state index is 12.7. The third-order valence-corrected chi connectivity index (χ3v) is 4.72. The number of hydrogen-bond donors (Lipinski definition) is 1. The van der Waals surface area contributed by atoms with E-state index in [4.69, 9.17) is 4.74 Å². The Morgan fingerprint density at radius 3 is 2.62 bits per heavy atom. The minimum atomic E-state index is -0.175. The molecule has 2 aromatic carbocycles. The lowest BCUT2D eigenvalue weighted by atomic mass is 9.96. The Hall–Kier alpha value is -2.82. The second-order valence-electron chi connectivity index (χ2n) is 6.52. The number of piperidine rings is 1. The molecule has 0 spiro atoms. The molecule has 1 unspecified atom stereocenters. The molecule has 1 aliphatic heterocycles. The van der Waals surface area contributed by atoms with Crippen molar-refractivity contribution in [3.63, 3.8) is 0 Å². The summed E-state index contributed by atoms with van der Waals surface area (Å²) in [5.41, 5.74) is 1.66. The van der Waals surface area contributed by atoms with Crippen LogP contribution in [0.25, 0.3) is 0 Å². The SMILES string of the molecule is COc1ccccc1CC(=O)N1CCCC(C(=O)Nc2ccccc2)C1. The van der Waals surface area contributed by atoms with Crippen LogP contribution >= 0.6 is 0 Å². The van der Waals surface area contributed by atoms with Crippen molar-refractivity contribution < 1.29 is 14.3 Å². The van der Waals surface area contributed by atoms with Crippen LogP contribution in [-0.4, -0.2) is 36.9 Å². The molecule has 1 saturated heterocycles. The molecule has 0 radical (unpaired) electrons. The number of para-hydroxylation sites is 2. The van der Waals surface area contributed by atoms with Crippen LogP contribution in [0.5, 0.6) is 5.75 Å². The molecule has 0 aliphatic carbocycles. The fourth-order valence-corrected chi connectivity index (χ4v) is 3.31. The summed E-state index contributed by atoms with van der Waals surface area (Å²) < 4.78 is 5.32. The highest BCUT2D eigenvalue weighted by Gasteiger charge is 2.28. The molecule has 26 heavy (non-hydrogen) atoms. The van der Waals surface area contributed by atoms with Gasteiger partial charge in [-0.2, -0.15) is 0 Å². The van der Waals surface area contributed by atoms with E-state index >= 15 is 0 Å². The Kier molecular flexibility index (Phi) is 5.89. The van der Waals surface area contributed by atoms with Crippen LogP contribution in [0.15, 0.2) is 54.6 Å². The molecule has 0 aromatic heterocycles. The van der Waals surface area contributed by atoms with Gasteiger partial charge in [0.25, 0.3) is 0 Å². The van der Waals surface area contributed by atoms with Crippen LogP contribution in [0.3, 0.4) is 0 Å². The maximum absolute atomic E-state index is 12.7. The van der Waals surface area contributed by atoms with E-state index in [0.29, 0.717) is 13.1 Å². The van der Waals surface area contributed by atoms with Gasteiger partial charge in [0.05, 0.1) is 19.4 Å². The minimum Gasteiger partial charge on any atom is -0.496 e. The third-order valence-electron chi connectivity index (χ3n) is 4.72. The van der Waals surface area contributed by atoms with Crippen LogP contribution < -0.4 is 10.1 Å². The summed E-state index contributed by atoms with van der Waals surface area (Å²) in [7, 11) is 1.61. The summed E-state index contributed by atoms with van der Waals surface area (Å²) >= 11 is 0. The Balaban J connectivity index is 1.60. The fourth-order valence-electron chi connectivity index (χ4n) is 3.31. The number of nitrogens with one attached hydrogen (secondary N) is 1. The van der Waals surface area contributed by atoms with E-state index in [-0.39, 0.29) is 24.2 Å². The van der Waals surface area contributed by atoms with Gasteiger partial charge in [0.15, 0.2) is 0 Å². The number of rotatable bonds is 5. The van der Waals surface area contributed by atoms with Crippen molar-refractivity contribution in [2.45, 2.75) is 19.3 Å². The molecule has 0 saturated carbocycles. The highest BCUT2D eigenvalue weighted by molar-refractivity contribution is 5.93. The third kappa shape index (κ3) is 4.42. The summed E-state index contributed by atoms with van der Waals surface area (Å²) in [6, 6.07) is 17.0. The lowest BCUT2D eigenvalue weighted by Crippen LogP contribution is -2.44. The average Bonchev–Trinajstić information content (AvgIpc) is 2.69. The van der Waals surface area contributed by atoms with Crippen LogP contribution in [0.2, 0.25) is 0 Å². The number of nitrogens with zero attached hydrogens (tertiary/aromatic N) is 1. The Labute approximate surface area is 154 Å². The largest absolute Gasteiger partial charge is 0.496 e. The van der Waals surface area contributed by atoms with Gasteiger partial charge in [0.1, 0.15) is 5.75 Å². The fraction of sp³-hybridized carbons (Fsp3) is 0.333. The second kappa shape index (κ2) is 8.52. The summed E-state index contributed by atoms with van der Waals surface area (Å²) in [5, 5.41) is 2.94. The molecule has 2 aromatic rings. The van der Waals surface area contributed by atoms with E-state index in [1.807, 2.05) is 54.6 Å². The van der Waals surface area contributed by atoms with Crippen molar-refractivity contribution in [1.82, 2.24) is 4.90 Å². The van der Waals surface area contributed by atoms with Crippen LogP contribution in [0, 0.1) is 5.92 Å². The molecule has 2 amide bonds. The summed E-state index contributed by atoms with van der Waals surface area (Å²) in [4.78, 5) is 27.0. The average molecular weight is 352 g/mol. The molecule has 1 heterocycles. The lowest BCUT2D eigenvalue weighted by molar-refractivity contribution is -0.133. The van der Waals surface area contributed by atoms with E-state index in [1.165, 1.54) is 0 Å². The summed E-state index contributed by atoms with van der Waals surface area (Å²) in [5.74, 6) is 0.555. The lowest BCUT2D eigenvalue weighted by Gasteiger charge is -2.32. The molecule has 1 N–H and O–H groups in total. The monoisotopic (exact) mass is 352 g/mol. The van der Waals surface area contributed by atoms with Crippen molar-refractivity contribution in [3.05, 3.63) is 60.2 Å². The highest BCUT2D eigenvalue weighted by atomic mass is 16.5. The quantitative estimate of drug-likeness (QED) is 0.899. The first-order chi connectivity index (χ1) is 12.7. The zero-order chi connectivity index (χ0) is 18.4. The van der Waals surface area contributed by atoms with Crippen LogP contribution in [0.1, 0.15) is 18.4 Å². The van der Waals surface area contributed by atoms with Crippen LogP contribution in [0.4, 0.5) is 5.69 Å². The van der Waals surface area contributed by atoms with Gasteiger partial charge in [0, 0.05) is 24.3 Å². The number of anilines is 1. The first kappa shape index (κ1) is 18.0. The van der Waals surface area contributed by atoms with E-state index in [9.17, 15) is 9.59 Å². The van der Waals surface area contributed by atoms with Gasteiger partial charge in [-0.05, 0) is 31.0 Å². The predicted molar refractivity (Wildman–Crippen MR) is 101 cm³/mol. The second-order valence-corrected chi connectivity index (χ2v) is 6.52. The standard InChI is InChI=1S/C21H24N2O3/c1-26-19-12-6-5-8-16(19)14-20(24)23-13-7-9-17(15-23)21(25)22-18-10-3-2-4-11-18/h2-6,8,10-12,17H,7,9,13-15H2,1H3,(H,22,25). The molecule has 1 fully saturated rings. The number of amides is 2. The zero-order valence-electron chi connectivity index (χ0n) is 15.0. The Morgan fingerprint density at radius 1 is 1.12 bits per heavy atom. The number of carbonyl (C=O) groups excluding carboxylic acids is 2. The van der Waals surface area contributed by atoms with E-state index in [2.05, 4.69) is 5.32 Å². The molecule has 5 heteroatoms. The maximum Gasteiger partial charge on any atom is 0.229 e. The summed E-state index contributed by atoms with van der Waals surface area (Å²) in [6.45, 7) is 1.16. The van der Waals surface area contributed by atoms with Gasteiger partial charge in [-0.15, -0.1) is 0 Å². The number of benzene rings is 2. The zero-order valence-corrected chi connectivity index (χ0v) is 15.0. The topological polar surface area (TPSA) is 58.6 Å². The van der Waals surface area contributed by atoms with Gasteiger partial charge < -0.3 is 15.0 Å². The van der Waals surface area contributed by atoms with Crippen molar-refractivity contribution >= 4 is 17.5 Å². The molecular formula is C21H24N2O3. The molecule has 5 nitrogen and oxygen atoms in total. The van der Waals surface area contributed by atoms with E-state index < -0.39 is 0 Å². The Morgan fingerprint density at radius 2 is 1.85 bits per heavy atom. The van der Waals surface area contributed by atoms with E-state index in [0.717, 1.165) is 29.8 Å². The van der Waals surface area contributed by atoms with Crippen LogP contribution in [-0.2, 0) is 16.0 Å². The number of hydrogen-bond acceptors (Lipinski definition) is 3. The van der Waals surface area contributed by atoms with Crippen molar-refractivity contribution in [1.29, 1.82) is 0 Å². The van der Waals surface area contributed by atoms with Gasteiger partial charge in [0.2, 0.25) is 11.8 Å². The normalized spacial score (nSPS) is 16.8. The molecular weight excluding hydrogens is 328 g/mol. The first-order valence-electron chi connectivity index (χ1n) is 8.93. The summed E-state index contributed by atoms with van der Waals surface area (Å²) in [6.07, 6.45) is 1.93. The van der Waals surface area contributed by atoms with Gasteiger partial charge in [-0.1, -0.05) is 36.4 Å².